The normalized spacial score (nSPS) is 20.6. The molecule has 0 saturated carbocycles. The lowest BCUT2D eigenvalue weighted by Crippen LogP contribution is -2.48. The van der Waals surface area contributed by atoms with Crippen LogP contribution >= 0.6 is 0 Å². The van der Waals surface area contributed by atoms with Gasteiger partial charge in [-0.2, -0.15) is 0 Å². The lowest BCUT2D eigenvalue weighted by Gasteiger charge is -2.33. The van der Waals surface area contributed by atoms with Crippen LogP contribution in [0.1, 0.15) is 26.7 Å². The Bertz CT molecular complexity index is 543. The molecule has 3 rings (SSSR count). The number of likely N-dealkylation sites (N-methyl/N-ethyl adjacent to an activating group) is 1. The summed E-state index contributed by atoms with van der Waals surface area (Å²) < 4.78 is 0. The summed E-state index contributed by atoms with van der Waals surface area (Å²) in [5.41, 5.74) is 2.16. The first-order valence-electron chi connectivity index (χ1n) is 9.73. The van der Waals surface area contributed by atoms with Crippen LogP contribution in [-0.4, -0.2) is 68.1 Å². The SMILES string of the molecule is CCN1CCN(CC(=O)Nc2ccc(N3CCC(C)CC3)cc2)CC1. The number of rotatable bonds is 5. The number of hydrogen-bond donors (Lipinski definition) is 1. The van der Waals surface area contributed by atoms with E-state index >= 15 is 0 Å². The molecule has 1 N–H and O–H groups in total. The second-order valence-electron chi connectivity index (χ2n) is 7.48. The Balaban J connectivity index is 1.45. The molecule has 1 aromatic rings. The van der Waals surface area contributed by atoms with Crippen LogP contribution < -0.4 is 10.2 Å². The molecule has 0 aromatic heterocycles. The van der Waals surface area contributed by atoms with E-state index in [-0.39, 0.29) is 5.91 Å². The fraction of sp³-hybridized carbons (Fsp3) is 0.650. The van der Waals surface area contributed by atoms with E-state index in [2.05, 4.69) is 46.0 Å². The number of hydrogen-bond acceptors (Lipinski definition) is 4. The molecule has 1 amide bonds. The van der Waals surface area contributed by atoms with E-state index < -0.39 is 0 Å². The number of nitrogens with zero attached hydrogens (tertiary/aromatic N) is 3. The van der Waals surface area contributed by atoms with Crippen LogP contribution in [0.3, 0.4) is 0 Å². The highest BCUT2D eigenvalue weighted by Crippen LogP contribution is 2.24. The van der Waals surface area contributed by atoms with E-state index in [1.54, 1.807) is 0 Å². The summed E-state index contributed by atoms with van der Waals surface area (Å²) in [6.45, 7) is 12.5. The Morgan fingerprint density at radius 3 is 2.20 bits per heavy atom. The van der Waals surface area contributed by atoms with Crippen molar-refractivity contribution in [2.75, 3.05) is 62.6 Å². The fourth-order valence-corrected chi connectivity index (χ4v) is 3.69. The number of carbonyl (C=O) groups excluding carboxylic acids is 1. The summed E-state index contributed by atoms with van der Waals surface area (Å²) in [5.74, 6) is 0.929. The molecule has 2 saturated heterocycles. The third kappa shape index (κ3) is 5.19. The van der Waals surface area contributed by atoms with Gasteiger partial charge in [-0.05, 0) is 49.6 Å². The molecule has 5 heteroatoms. The number of piperidine rings is 1. The highest BCUT2D eigenvalue weighted by Gasteiger charge is 2.18. The van der Waals surface area contributed by atoms with Gasteiger partial charge in [-0.3, -0.25) is 9.69 Å². The molecule has 2 heterocycles. The van der Waals surface area contributed by atoms with Crippen molar-refractivity contribution >= 4 is 17.3 Å². The van der Waals surface area contributed by atoms with Crippen LogP contribution in [0.4, 0.5) is 11.4 Å². The van der Waals surface area contributed by atoms with Gasteiger partial charge in [0, 0.05) is 50.6 Å². The van der Waals surface area contributed by atoms with Gasteiger partial charge in [0.05, 0.1) is 6.54 Å². The second kappa shape index (κ2) is 8.68. The molecule has 1 aromatic carbocycles. The van der Waals surface area contributed by atoms with Gasteiger partial charge in [-0.25, -0.2) is 0 Å². The van der Waals surface area contributed by atoms with Crippen LogP contribution in [0.5, 0.6) is 0 Å². The molecule has 2 aliphatic rings. The van der Waals surface area contributed by atoms with Gasteiger partial charge in [0.1, 0.15) is 0 Å². The minimum Gasteiger partial charge on any atom is -0.372 e. The van der Waals surface area contributed by atoms with Crippen LogP contribution in [0.2, 0.25) is 0 Å². The Hall–Kier alpha value is -1.59. The number of amides is 1. The maximum atomic E-state index is 12.3. The minimum absolute atomic E-state index is 0.0875. The van der Waals surface area contributed by atoms with Crippen molar-refractivity contribution in [1.29, 1.82) is 0 Å². The molecule has 0 spiro atoms. The molecule has 0 unspecified atom stereocenters. The van der Waals surface area contributed by atoms with Gasteiger partial charge in [0.2, 0.25) is 5.91 Å². The van der Waals surface area contributed by atoms with Crippen LogP contribution in [0, 0.1) is 5.92 Å². The average Bonchev–Trinajstić information content (AvgIpc) is 2.64. The van der Waals surface area contributed by atoms with Gasteiger partial charge in [-0.15, -0.1) is 0 Å². The van der Waals surface area contributed by atoms with Crippen molar-refractivity contribution < 1.29 is 4.79 Å². The van der Waals surface area contributed by atoms with Crippen molar-refractivity contribution in [2.24, 2.45) is 5.92 Å². The summed E-state index contributed by atoms with van der Waals surface area (Å²) >= 11 is 0. The van der Waals surface area contributed by atoms with Crippen LogP contribution in [0.25, 0.3) is 0 Å². The molecular weight excluding hydrogens is 312 g/mol. The van der Waals surface area contributed by atoms with Gasteiger partial charge < -0.3 is 15.1 Å². The summed E-state index contributed by atoms with van der Waals surface area (Å²) in [6.07, 6.45) is 2.54. The van der Waals surface area contributed by atoms with E-state index in [0.717, 1.165) is 57.4 Å². The predicted octanol–water partition coefficient (Wildman–Crippen LogP) is 2.50. The molecule has 0 bridgehead atoms. The number of nitrogens with one attached hydrogen (secondary N) is 1. The predicted molar refractivity (Wildman–Crippen MR) is 104 cm³/mol. The molecule has 0 aliphatic carbocycles. The first-order valence-corrected chi connectivity index (χ1v) is 9.73. The molecule has 5 nitrogen and oxygen atoms in total. The van der Waals surface area contributed by atoms with E-state index in [1.807, 2.05) is 12.1 Å². The van der Waals surface area contributed by atoms with Gasteiger partial charge in [-0.1, -0.05) is 13.8 Å². The zero-order valence-electron chi connectivity index (χ0n) is 15.7. The molecule has 2 aliphatic heterocycles. The minimum atomic E-state index is 0.0875. The third-order valence-electron chi connectivity index (χ3n) is 5.58. The second-order valence-corrected chi connectivity index (χ2v) is 7.48. The summed E-state index contributed by atoms with van der Waals surface area (Å²) in [5, 5.41) is 3.04. The lowest BCUT2D eigenvalue weighted by molar-refractivity contribution is -0.117. The molecule has 2 fully saturated rings. The summed E-state index contributed by atoms with van der Waals surface area (Å²) in [6, 6.07) is 8.32. The smallest absolute Gasteiger partial charge is 0.238 e. The Labute approximate surface area is 152 Å². The number of benzene rings is 1. The Kier molecular flexibility index (Phi) is 6.32. The van der Waals surface area contributed by atoms with Gasteiger partial charge in [0.25, 0.3) is 0 Å². The maximum absolute atomic E-state index is 12.3. The Morgan fingerprint density at radius 2 is 1.60 bits per heavy atom. The van der Waals surface area contributed by atoms with Gasteiger partial charge >= 0.3 is 0 Å². The molecule has 138 valence electrons. The zero-order chi connectivity index (χ0) is 17.6. The molecular formula is C20H32N4O. The van der Waals surface area contributed by atoms with Gasteiger partial charge in [0.15, 0.2) is 0 Å². The standard InChI is InChI=1S/C20H32N4O/c1-3-22-12-14-23(15-13-22)16-20(25)21-18-4-6-19(7-5-18)24-10-8-17(2)9-11-24/h4-7,17H,3,8-16H2,1-2H3,(H,21,25). The summed E-state index contributed by atoms with van der Waals surface area (Å²) in [7, 11) is 0. The van der Waals surface area contributed by atoms with Crippen molar-refractivity contribution in [3.8, 4) is 0 Å². The topological polar surface area (TPSA) is 38.8 Å². The largest absolute Gasteiger partial charge is 0.372 e. The van der Waals surface area contributed by atoms with Crippen LogP contribution in [0.15, 0.2) is 24.3 Å². The highest BCUT2D eigenvalue weighted by atomic mass is 16.2. The average molecular weight is 345 g/mol. The summed E-state index contributed by atoms with van der Waals surface area (Å²) in [4.78, 5) is 19.4. The van der Waals surface area contributed by atoms with Crippen molar-refractivity contribution in [3.05, 3.63) is 24.3 Å². The quantitative estimate of drug-likeness (QED) is 0.891. The zero-order valence-corrected chi connectivity index (χ0v) is 15.7. The number of anilines is 2. The van der Waals surface area contributed by atoms with Crippen molar-refractivity contribution in [3.63, 3.8) is 0 Å². The maximum Gasteiger partial charge on any atom is 0.238 e. The van der Waals surface area contributed by atoms with Crippen molar-refractivity contribution in [2.45, 2.75) is 26.7 Å². The molecule has 0 atom stereocenters. The molecule has 25 heavy (non-hydrogen) atoms. The highest BCUT2D eigenvalue weighted by molar-refractivity contribution is 5.92. The fourth-order valence-electron chi connectivity index (χ4n) is 3.69. The van der Waals surface area contributed by atoms with Crippen LogP contribution in [-0.2, 0) is 4.79 Å². The van der Waals surface area contributed by atoms with E-state index in [4.69, 9.17) is 0 Å². The van der Waals surface area contributed by atoms with E-state index in [1.165, 1.54) is 18.5 Å². The monoisotopic (exact) mass is 344 g/mol. The molecule has 0 radical (unpaired) electrons. The first kappa shape index (κ1) is 18.2. The van der Waals surface area contributed by atoms with Crippen molar-refractivity contribution in [1.82, 2.24) is 9.80 Å². The first-order chi connectivity index (χ1) is 12.1. The van der Waals surface area contributed by atoms with E-state index in [9.17, 15) is 4.79 Å². The third-order valence-corrected chi connectivity index (χ3v) is 5.58. The number of carbonyl (C=O) groups is 1. The lowest BCUT2D eigenvalue weighted by atomic mass is 9.99. The Morgan fingerprint density at radius 1 is 1.00 bits per heavy atom. The van der Waals surface area contributed by atoms with E-state index in [0.29, 0.717) is 6.54 Å². The number of piperazine rings is 1.